The third-order valence-electron chi connectivity index (χ3n) is 1.72. The average molecular weight is 143 g/mol. The van der Waals surface area contributed by atoms with Gasteiger partial charge in [0.2, 0.25) is 0 Å². The fourth-order valence-corrected chi connectivity index (χ4v) is 1.19. The van der Waals surface area contributed by atoms with Crippen molar-refractivity contribution in [2.24, 2.45) is 0 Å². The van der Waals surface area contributed by atoms with Crippen LogP contribution in [0.2, 0.25) is 0 Å². The Kier molecular flexibility index (Phi) is 1.18. The second-order valence-electron chi connectivity index (χ2n) is 2.42. The molecule has 1 radical (unpaired) electrons. The predicted molar refractivity (Wildman–Crippen MR) is 40.9 cm³/mol. The largest absolute Gasteiger partial charge is 0.306 e. The van der Waals surface area contributed by atoms with Gasteiger partial charge in [-0.2, -0.15) is 0 Å². The van der Waals surface area contributed by atoms with Gasteiger partial charge in [-0.15, -0.1) is 0 Å². The van der Waals surface area contributed by atoms with Crippen LogP contribution in [-0.2, 0) is 0 Å². The second-order valence-corrected chi connectivity index (χ2v) is 2.42. The Morgan fingerprint density at radius 2 is 1.36 bits per heavy atom. The van der Waals surface area contributed by atoms with Crippen LogP contribution in [0.4, 0.5) is 0 Å². The lowest BCUT2D eigenvalue weighted by Crippen LogP contribution is -2.07. The molecule has 0 amide bonds. The van der Waals surface area contributed by atoms with E-state index in [2.05, 4.69) is 0 Å². The molecule has 2 rings (SSSR count). The quantitative estimate of drug-likeness (QED) is 0.500. The molecular weight excluding hydrogens is 139 g/mol. The van der Waals surface area contributed by atoms with Crippen LogP contribution in [0.25, 0.3) is 0 Å². The van der Waals surface area contributed by atoms with Crippen molar-refractivity contribution in [3.8, 4) is 0 Å². The van der Waals surface area contributed by atoms with Gasteiger partial charge < -0.3 is 9.59 Å². The summed E-state index contributed by atoms with van der Waals surface area (Å²) in [5.41, 5.74) is 0.700. The number of carbonyl (C=O) groups is 2. The van der Waals surface area contributed by atoms with Crippen LogP contribution in [0.1, 0.15) is 20.7 Å². The molecule has 1 aliphatic heterocycles. The van der Waals surface area contributed by atoms with Crippen molar-refractivity contribution in [2.75, 3.05) is 0 Å². The maximum absolute atomic E-state index is 11.0. The van der Waals surface area contributed by atoms with Crippen molar-refractivity contribution < 1.29 is 9.59 Å². The third kappa shape index (κ3) is 0.809. The zero-order valence-electron chi connectivity index (χ0n) is 5.70. The van der Waals surface area contributed by atoms with Crippen LogP contribution in [0, 0.1) is 0 Å². The highest BCUT2D eigenvalue weighted by Gasteiger charge is 2.27. The molecule has 3 heteroatoms. The van der Waals surface area contributed by atoms with Gasteiger partial charge in [-0.1, -0.05) is 24.3 Å². The minimum absolute atomic E-state index is 0.175. The number of carbonyl (C=O) groups excluding carboxylic acids is 2. The lowest BCUT2D eigenvalue weighted by atomic mass is 9.73. The summed E-state index contributed by atoms with van der Waals surface area (Å²) in [6, 6.07) is 6.84. The molecule has 1 heterocycles. The van der Waals surface area contributed by atoms with Crippen molar-refractivity contribution in [1.82, 2.24) is 0 Å². The Morgan fingerprint density at radius 1 is 0.909 bits per heavy atom. The van der Waals surface area contributed by atoms with E-state index in [1.54, 1.807) is 24.3 Å². The molecule has 1 aliphatic rings. The summed E-state index contributed by atoms with van der Waals surface area (Å²) in [4.78, 5) is 22.0. The number of rotatable bonds is 0. The maximum Gasteiger partial charge on any atom is 0.304 e. The van der Waals surface area contributed by atoms with E-state index in [1.807, 2.05) is 0 Å². The molecule has 0 atom stereocenters. The molecule has 1 aromatic rings. The molecule has 0 spiro atoms. The highest BCUT2D eigenvalue weighted by atomic mass is 16.1. The van der Waals surface area contributed by atoms with Gasteiger partial charge in [0.25, 0.3) is 0 Å². The molecule has 51 valence electrons. The number of benzene rings is 1. The summed E-state index contributed by atoms with van der Waals surface area (Å²) in [7, 11) is 1.13. The van der Waals surface area contributed by atoms with E-state index in [0.717, 1.165) is 7.28 Å². The zero-order valence-corrected chi connectivity index (χ0v) is 5.70. The van der Waals surface area contributed by atoms with Gasteiger partial charge in [0.05, 0.1) is 0 Å². The Morgan fingerprint density at radius 3 is 1.82 bits per heavy atom. The van der Waals surface area contributed by atoms with E-state index in [4.69, 9.17) is 0 Å². The first kappa shape index (κ1) is 6.34. The summed E-state index contributed by atoms with van der Waals surface area (Å²) < 4.78 is 0. The van der Waals surface area contributed by atoms with Gasteiger partial charge in [-0.25, -0.2) is 0 Å². The number of hydrogen-bond acceptors (Lipinski definition) is 2. The van der Waals surface area contributed by atoms with Crippen molar-refractivity contribution in [3.05, 3.63) is 35.4 Å². The number of fused-ring (bicyclic) bond motifs is 1. The standard InChI is InChI=1S/C8H4BO2/c10-7-5-3-1-2-4-6(5)8(11)9-7/h1-4H. The summed E-state index contributed by atoms with van der Waals surface area (Å²) in [6.45, 7) is 0. The first-order valence-corrected chi connectivity index (χ1v) is 3.31. The first-order valence-electron chi connectivity index (χ1n) is 3.31. The molecule has 0 aromatic heterocycles. The van der Waals surface area contributed by atoms with Crippen LogP contribution < -0.4 is 0 Å². The van der Waals surface area contributed by atoms with Gasteiger partial charge in [0.15, 0.2) is 0 Å². The predicted octanol–water partition coefficient (Wildman–Crippen LogP) is 0.685. The molecule has 0 saturated heterocycles. The smallest absolute Gasteiger partial charge is 0.304 e. The van der Waals surface area contributed by atoms with E-state index >= 15 is 0 Å². The van der Waals surface area contributed by atoms with Crippen LogP contribution >= 0.6 is 0 Å². The third-order valence-corrected chi connectivity index (χ3v) is 1.72. The minimum atomic E-state index is -0.175. The van der Waals surface area contributed by atoms with E-state index in [-0.39, 0.29) is 11.4 Å². The molecule has 0 fully saturated rings. The lowest BCUT2D eigenvalue weighted by molar-refractivity contribution is 0.106. The lowest BCUT2D eigenvalue weighted by Gasteiger charge is -1.92. The van der Waals surface area contributed by atoms with Crippen LogP contribution in [0.15, 0.2) is 24.3 Å². The number of hydrogen-bond donors (Lipinski definition) is 0. The van der Waals surface area contributed by atoms with E-state index in [0.29, 0.717) is 11.1 Å². The van der Waals surface area contributed by atoms with Gasteiger partial charge >= 0.3 is 7.28 Å². The molecule has 0 N–H and O–H groups in total. The fraction of sp³-hybridized carbons (Fsp3) is 0. The molecule has 2 nitrogen and oxygen atoms in total. The monoisotopic (exact) mass is 143 g/mol. The topological polar surface area (TPSA) is 34.1 Å². The molecule has 0 bridgehead atoms. The molecule has 11 heavy (non-hydrogen) atoms. The van der Waals surface area contributed by atoms with Crippen LogP contribution in [-0.4, -0.2) is 18.6 Å². The summed E-state index contributed by atoms with van der Waals surface area (Å²) >= 11 is 0. The average Bonchev–Trinajstić information content (AvgIpc) is 2.30. The maximum atomic E-state index is 11.0. The Bertz CT molecular complexity index is 311. The molecular formula is C8H4BO2. The van der Waals surface area contributed by atoms with Crippen LogP contribution in [0.5, 0.6) is 0 Å². The molecule has 1 aromatic carbocycles. The summed E-state index contributed by atoms with van der Waals surface area (Å²) in [5, 5.41) is 0. The van der Waals surface area contributed by atoms with Crippen molar-refractivity contribution in [2.45, 2.75) is 0 Å². The minimum Gasteiger partial charge on any atom is -0.306 e. The van der Waals surface area contributed by atoms with Gasteiger partial charge in [0, 0.05) is 11.1 Å². The normalized spacial score (nSPS) is 14.5. The Balaban J connectivity index is 2.69. The summed E-state index contributed by atoms with van der Waals surface area (Å²) in [5.74, 6) is 0. The molecule has 0 unspecified atom stereocenters. The molecule has 0 saturated carbocycles. The van der Waals surface area contributed by atoms with Crippen molar-refractivity contribution >= 4 is 18.6 Å². The van der Waals surface area contributed by atoms with Gasteiger partial charge in [0.1, 0.15) is 11.4 Å². The van der Waals surface area contributed by atoms with Crippen molar-refractivity contribution in [3.63, 3.8) is 0 Å². The SMILES string of the molecule is O=C1[B]C(=O)c2ccccc21. The molecule has 0 aliphatic carbocycles. The van der Waals surface area contributed by atoms with Gasteiger partial charge in [-0.3, -0.25) is 0 Å². The van der Waals surface area contributed by atoms with E-state index < -0.39 is 0 Å². The highest BCUT2D eigenvalue weighted by molar-refractivity contribution is 7.04. The van der Waals surface area contributed by atoms with Crippen LogP contribution in [0.3, 0.4) is 0 Å². The first-order chi connectivity index (χ1) is 5.29. The van der Waals surface area contributed by atoms with E-state index in [9.17, 15) is 9.59 Å². The van der Waals surface area contributed by atoms with Crippen molar-refractivity contribution in [1.29, 1.82) is 0 Å². The second kappa shape index (κ2) is 2.05. The Hall–Kier alpha value is -1.38. The van der Waals surface area contributed by atoms with Gasteiger partial charge in [-0.05, 0) is 0 Å². The fourth-order valence-electron chi connectivity index (χ4n) is 1.19. The summed E-state index contributed by atoms with van der Waals surface area (Å²) in [6.07, 6.45) is 0. The Labute approximate surface area is 64.5 Å². The van der Waals surface area contributed by atoms with E-state index in [1.165, 1.54) is 0 Å². The zero-order chi connectivity index (χ0) is 7.84. The highest BCUT2D eigenvalue weighted by Crippen LogP contribution is 2.15.